The molecule has 2 aromatic carbocycles. The number of hydrogen-bond acceptors (Lipinski definition) is 5. The highest BCUT2D eigenvalue weighted by molar-refractivity contribution is 7.92. The third-order valence-electron chi connectivity index (χ3n) is 4.58. The summed E-state index contributed by atoms with van der Waals surface area (Å²) < 4.78 is 25.0. The Labute approximate surface area is 170 Å². The van der Waals surface area contributed by atoms with Crippen LogP contribution in [0.1, 0.15) is 10.4 Å². The molecule has 0 aliphatic carbocycles. The fourth-order valence-electron chi connectivity index (χ4n) is 3.16. The van der Waals surface area contributed by atoms with Gasteiger partial charge in [0, 0.05) is 43.1 Å². The van der Waals surface area contributed by atoms with Gasteiger partial charge in [-0.05, 0) is 30.3 Å². The summed E-state index contributed by atoms with van der Waals surface area (Å²) in [7, 11) is -3.43. The number of amides is 2. The number of carbonyl (C=O) groups excluding carboxylic acids is 2. The summed E-state index contributed by atoms with van der Waals surface area (Å²) in [4.78, 5) is 28.7. The van der Waals surface area contributed by atoms with Crippen molar-refractivity contribution in [1.29, 1.82) is 0 Å². The Morgan fingerprint density at radius 1 is 0.966 bits per heavy atom. The molecule has 1 fully saturated rings. The van der Waals surface area contributed by atoms with E-state index in [-0.39, 0.29) is 18.0 Å². The maximum Gasteiger partial charge on any atom is 0.251 e. The van der Waals surface area contributed by atoms with E-state index >= 15 is 0 Å². The van der Waals surface area contributed by atoms with Crippen LogP contribution in [0.4, 0.5) is 11.4 Å². The van der Waals surface area contributed by atoms with Crippen molar-refractivity contribution in [1.82, 2.24) is 10.2 Å². The number of para-hydroxylation sites is 1. The minimum Gasteiger partial charge on any atom is -0.368 e. The van der Waals surface area contributed by atoms with Crippen LogP contribution in [0.2, 0.25) is 0 Å². The van der Waals surface area contributed by atoms with Gasteiger partial charge in [0.25, 0.3) is 5.91 Å². The first-order chi connectivity index (χ1) is 13.8. The molecule has 0 spiro atoms. The number of anilines is 2. The standard InChI is InChI=1S/C20H24N4O4S/c1-29(27,28)22-17-7-5-6-16(14-17)20(26)21-15-19(25)24-12-10-23(11-13-24)18-8-3-2-4-9-18/h2-9,14,22H,10-13,15H2,1H3,(H,21,26). The average molecular weight is 417 g/mol. The van der Waals surface area contributed by atoms with Crippen LogP contribution in [0, 0.1) is 0 Å². The lowest BCUT2D eigenvalue weighted by Gasteiger charge is -2.36. The summed E-state index contributed by atoms with van der Waals surface area (Å²) in [6, 6.07) is 16.2. The lowest BCUT2D eigenvalue weighted by molar-refractivity contribution is -0.130. The minimum absolute atomic E-state index is 0.103. The third-order valence-corrected chi connectivity index (χ3v) is 5.19. The van der Waals surface area contributed by atoms with Crippen LogP contribution in [-0.4, -0.2) is 64.1 Å². The first-order valence-corrected chi connectivity index (χ1v) is 11.1. The summed E-state index contributed by atoms with van der Waals surface area (Å²) in [5.41, 5.74) is 1.71. The molecule has 0 unspecified atom stereocenters. The average Bonchev–Trinajstić information content (AvgIpc) is 2.71. The molecule has 0 radical (unpaired) electrons. The molecule has 2 aromatic rings. The Bertz CT molecular complexity index is 971. The van der Waals surface area contributed by atoms with Crippen molar-refractivity contribution in [2.45, 2.75) is 0 Å². The van der Waals surface area contributed by atoms with Crippen molar-refractivity contribution in [2.75, 3.05) is 48.6 Å². The van der Waals surface area contributed by atoms with E-state index in [2.05, 4.69) is 14.9 Å². The molecular weight excluding hydrogens is 392 g/mol. The number of hydrogen-bond donors (Lipinski definition) is 2. The molecule has 1 heterocycles. The smallest absolute Gasteiger partial charge is 0.251 e. The SMILES string of the molecule is CS(=O)(=O)Nc1cccc(C(=O)NCC(=O)N2CCN(c3ccccc3)CC2)c1. The predicted octanol–water partition coefficient (Wildman–Crippen LogP) is 1.14. The van der Waals surface area contributed by atoms with E-state index in [1.54, 1.807) is 23.1 Å². The zero-order valence-electron chi connectivity index (χ0n) is 16.2. The van der Waals surface area contributed by atoms with Crippen LogP contribution >= 0.6 is 0 Å². The highest BCUT2D eigenvalue weighted by Gasteiger charge is 2.21. The van der Waals surface area contributed by atoms with Crippen molar-refractivity contribution in [3.63, 3.8) is 0 Å². The molecule has 0 bridgehead atoms. The van der Waals surface area contributed by atoms with E-state index in [4.69, 9.17) is 0 Å². The molecule has 2 N–H and O–H groups in total. The van der Waals surface area contributed by atoms with E-state index in [1.807, 2.05) is 30.3 Å². The van der Waals surface area contributed by atoms with Gasteiger partial charge in [-0.25, -0.2) is 8.42 Å². The topological polar surface area (TPSA) is 98.8 Å². The van der Waals surface area contributed by atoms with Crippen molar-refractivity contribution in [3.05, 3.63) is 60.2 Å². The number of nitrogens with one attached hydrogen (secondary N) is 2. The van der Waals surface area contributed by atoms with Crippen LogP contribution in [0.25, 0.3) is 0 Å². The monoisotopic (exact) mass is 416 g/mol. The molecular formula is C20H24N4O4S. The Hall–Kier alpha value is -3.07. The highest BCUT2D eigenvalue weighted by Crippen LogP contribution is 2.15. The van der Waals surface area contributed by atoms with Crippen molar-refractivity contribution < 1.29 is 18.0 Å². The van der Waals surface area contributed by atoms with Gasteiger partial charge in [-0.3, -0.25) is 14.3 Å². The number of benzene rings is 2. The quantitative estimate of drug-likeness (QED) is 0.736. The molecule has 0 atom stereocenters. The van der Waals surface area contributed by atoms with Gasteiger partial charge >= 0.3 is 0 Å². The van der Waals surface area contributed by atoms with Crippen LogP contribution in [0.15, 0.2) is 54.6 Å². The number of sulfonamides is 1. The molecule has 1 aliphatic rings. The maximum absolute atomic E-state index is 12.4. The van der Waals surface area contributed by atoms with E-state index < -0.39 is 15.9 Å². The number of nitrogens with zero attached hydrogens (tertiary/aromatic N) is 2. The summed E-state index contributed by atoms with van der Waals surface area (Å²) in [5, 5.41) is 2.61. The largest absolute Gasteiger partial charge is 0.368 e. The van der Waals surface area contributed by atoms with Gasteiger partial charge in [-0.2, -0.15) is 0 Å². The zero-order valence-corrected chi connectivity index (χ0v) is 17.0. The summed E-state index contributed by atoms with van der Waals surface area (Å²) in [5.74, 6) is -0.574. The van der Waals surface area contributed by atoms with Gasteiger partial charge < -0.3 is 15.1 Å². The Balaban J connectivity index is 1.50. The lowest BCUT2D eigenvalue weighted by Crippen LogP contribution is -2.51. The molecule has 29 heavy (non-hydrogen) atoms. The van der Waals surface area contributed by atoms with Crippen molar-refractivity contribution >= 4 is 33.2 Å². The normalized spacial score (nSPS) is 14.4. The third kappa shape index (κ3) is 5.95. The predicted molar refractivity (Wildman–Crippen MR) is 112 cm³/mol. The second-order valence-corrected chi connectivity index (χ2v) is 8.59. The van der Waals surface area contributed by atoms with Crippen LogP contribution in [-0.2, 0) is 14.8 Å². The molecule has 0 aromatic heterocycles. The van der Waals surface area contributed by atoms with Gasteiger partial charge in [-0.15, -0.1) is 0 Å². The van der Waals surface area contributed by atoms with Gasteiger partial charge in [-0.1, -0.05) is 24.3 Å². The van der Waals surface area contributed by atoms with E-state index in [1.165, 1.54) is 6.07 Å². The van der Waals surface area contributed by atoms with Gasteiger partial charge in [0.15, 0.2) is 0 Å². The van der Waals surface area contributed by atoms with Crippen LogP contribution < -0.4 is 14.9 Å². The second-order valence-electron chi connectivity index (χ2n) is 6.84. The summed E-state index contributed by atoms with van der Waals surface area (Å²) in [6.07, 6.45) is 1.04. The van der Waals surface area contributed by atoms with Crippen LogP contribution in [0.5, 0.6) is 0 Å². The van der Waals surface area contributed by atoms with E-state index in [0.717, 1.165) is 25.0 Å². The minimum atomic E-state index is -3.43. The van der Waals surface area contributed by atoms with E-state index in [9.17, 15) is 18.0 Å². The van der Waals surface area contributed by atoms with Gasteiger partial charge in [0.2, 0.25) is 15.9 Å². The molecule has 1 saturated heterocycles. The Kier molecular flexibility index (Phi) is 6.38. The first-order valence-electron chi connectivity index (χ1n) is 9.26. The Morgan fingerprint density at radius 3 is 2.31 bits per heavy atom. The molecule has 1 aliphatic heterocycles. The molecule has 2 amide bonds. The van der Waals surface area contributed by atoms with E-state index in [0.29, 0.717) is 18.8 Å². The fraction of sp³-hybridized carbons (Fsp3) is 0.300. The van der Waals surface area contributed by atoms with Gasteiger partial charge in [0.05, 0.1) is 12.8 Å². The highest BCUT2D eigenvalue weighted by atomic mass is 32.2. The number of carbonyl (C=O) groups is 2. The maximum atomic E-state index is 12.4. The van der Waals surface area contributed by atoms with Gasteiger partial charge in [0.1, 0.15) is 0 Å². The molecule has 8 nitrogen and oxygen atoms in total. The second kappa shape index (κ2) is 8.95. The zero-order chi connectivity index (χ0) is 20.9. The van der Waals surface area contributed by atoms with Crippen molar-refractivity contribution in [2.24, 2.45) is 0 Å². The molecule has 3 rings (SSSR count). The number of rotatable bonds is 6. The van der Waals surface area contributed by atoms with Crippen LogP contribution in [0.3, 0.4) is 0 Å². The van der Waals surface area contributed by atoms with Crippen molar-refractivity contribution in [3.8, 4) is 0 Å². The molecule has 154 valence electrons. The Morgan fingerprint density at radius 2 is 1.66 bits per heavy atom. The fourth-order valence-corrected chi connectivity index (χ4v) is 3.72. The summed E-state index contributed by atoms with van der Waals surface area (Å²) in [6.45, 7) is 2.56. The lowest BCUT2D eigenvalue weighted by atomic mass is 10.2. The number of piperazine rings is 1. The molecule has 9 heteroatoms. The summed E-state index contributed by atoms with van der Waals surface area (Å²) >= 11 is 0. The first kappa shape index (κ1) is 20.7. The molecule has 0 saturated carbocycles.